The van der Waals surface area contributed by atoms with E-state index in [4.69, 9.17) is 4.74 Å². The molecule has 0 saturated carbocycles. The van der Waals surface area contributed by atoms with Gasteiger partial charge in [-0.15, -0.1) is 11.8 Å². The number of rotatable bonds is 5. The first kappa shape index (κ1) is 15.4. The van der Waals surface area contributed by atoms with E-state index in [1.165, 1.54) is 10.5 Å². The lowest BCUT2D eigenvalue weighted by molar-refractivity contribution is -0.150. The molecule has 1 aliphatic heterocycles. The number of likely N-dealkylation sites (tertiary alicyclic amines) is 1. The minimum absolute atomic E-state index is 0.0325. The number of nitrogens with zero attached hydrogens (tertiary/aromatic N) is 1. The van der Waals surface area contributed by atoms with Gasteiger partial charge in [0.05, 0.1) is 12.5 Å². The van der Waals surface area contributed by atoms with Crippen molar-refractivity contribution >= 4 is 17.7 Å². The Morgan fingerprint density at radius 3 is 2.80 bits per heavy atom. The summed E-state index contributed by atoms with van der Waals surface area (Å²) in [5.74, 6) is 0.0177. The van der Waals surface area contributed by atoms with Gasteiger partial charge in [-0.2, -0.15) is 0 Å². The van der Waals surface area contributed by atoms with E-state index in [0.29, 0.717) is 6.61 Å². The normalized spacial score (nSPS) is 19.8. The Balaban J connectivity index is 1.90. The molecule has 4 heteroatoms. The highest BCUT2D eigenvalue weighted by Gasteiger charge is 2.26. The molecule has 110 valence electrons. The van der Waals surface area contributed by atoms with Crippen LogP contribution >= 0.6 is 11.8 Å². The number of carbonyl (C=O) groups excluding carboxylic acids is 1. The maximum Gasteiger partial charge on any atom is 0.310 e. The van der Waals surface area contributed by atoms with E-state index < -0.39 is 0 Å². The maximum absolute atomic E-state index is 11.8. The zero-order chi connectivity index (χ0) is 14.4. The van der Waals surface area contributed by atoms with E-state index in [-0.39, 0.29) is 11.9 Å². The monoisotopic (exact) mass is 293 g/mol. The van der Waals surface area contributed by atoms with Crippen LogP contribution in [0.5, 0.6) is 0 Å². The fourth-order valence-electron chi connectivity index (χ4n) is 2.64. The fourth-order valence-corrected chi connectivity index (χ4v) is 3.05. The van der Waals surface area contributed by atoms with Crippen molar-refractivity contribution < 1.29 is 9.53 Å². The Kier molecular flexibility index (Phi) is 5.92. The van der Waals surface area contributed by atoms with Gasteiger partial charge in [0, 0.05) is 18.0 Å². The van der Waals surface area contributed by atoms with E-state index in [1.54, 1.807) is 11.8 Å². The number of ether oxygens (including phenoxy) is 1. The van der Waals surface area contributed by atoms with Crippen molar-refractivity contribution in [1.82, 2.24) is 4.90 Å². The zero-order valence-electron chi connectivity index (χ0n) is 12.3. The molecule has 2 rings (SSSR count). The summed E-state index contributed by atoms with van der Waals surface area (Å²) in [6.45, 7) is 5.16. The van der Waals surface area contributed by atoms with Gasteiger partial charge < -0.3 is 4.74 Å². The second-order valence-corrected chi connectivity index (χ2v) is 6.05. The van der Waals surface area contributed by atoms with Crippen LogP contribution in [0.15, 0.2) is 29.2 Å². The Bertz CT molecular complexity index is 433. The largest absolute Gasteiger partial charge is 0.466 e. The van der Waals surface area contributed by atoms with Gasteiger partial charge in [-0.05, 0) is 50.3 Å². The summed E-state index contributed by atoms with van der Waals surface area (Å²) in [5, 5.41) is 0. The molecule has 0 aromatic heterocycles. The Labute approximate surface area is 125 Å². The minimum Gasteiger partial charge on any atom is -0.466 e. The molecule has 1 saturated heterocycles. The molecule has 1 atom stereocenters. The molecule has 0 aliphatic carbocycles. The fraction of sp³-hybridized carbons (Fsp3) is 0.562. The highest BCUT2D eigenvalue weighted by molar-refractivity contribution is 7.98. The second-order valence-electron chi connectivity index (χ2n) is 5.17. The van der Waals surface area contributed by atoms with Crippen molar-refractivity contribution in [3.05, 3.63) is 29.8 Å². The van der Waals surface area contributed by atoms with Gasteiger partial charge in [0.1, 0.15) is 0 Å². The van der Waals surface area contributed by atoms with Gasteiger partial charge >= 0.3 is 5.97 Å². The van der Waals surface area contributed by atoms with E-state index >= 15 is 0 Å². The number of esters is 1. The number of thioether (sulfide) groups is 1. The third-order valence-corrected chi connectivity index (χ3v) is 4.43. The lowest BCUT2D eigenvalue weighted by Gasteiger charge is -2.31. The van der Waals surface area contributed by atoms with Crippen LogP contribution in [0.4, 0.5) is 0 Å². The van der Waals surface area contributed by atoms with Crippen LogP contribution in [0.3, 0.4) is 0 Å². The third kappa shape index (κ3) is 4.25. The lowest BCUT2D eigenvalue weighted by atomic mass is 9.98. The quantitative estimate of drug-likeness (QED) is 0.616. The SMILES string of the molecule is CCOC(=O)[C@@H]1CCCN(Cc2ccc(SC)cc2)C1. The van der Waals surface area contributed by atoms with Gasteiger partial charge in [0.15, 0.2) is 0 Å². The summed E-state index contributed by atoms with van der Waals surface area (Å²) in [6, 6.07) is 8.68. The average molecular weight is 293 g/mol. The minimum atomic E-state index is -0.0325. The molecule has 0 N–H and O–H groups in total. The molecular formula is C16H23NO2S. The summed E-state index contributed by atoms with van der Waals surface area (Å²) in [6.07, 6.45) is 4.12. The Hall–Kier alpha value is -1.00. The molecule has 0 radical (unpaired) electrons. The molecule has 0 bridgehead atoms. The van der Waals surface area contributed by atoms with Crippen molar-refractivity contribution in [1.29, 1.82) is 0 Å². The first-order valence-electron chi connectivity index (χ1n) is 7.25. The van der Waals surface area contributed by atoms with Gasteiger partial charge in [-0.1, -0.05) is 12.1 Å². The number of hydrogen-bond donors (Lipinski definition) is 0. The summed E-state index contributed by atoms with van der Waals surface area (Å²) in [4.78, 5) is 15.5. The van der Waals surface area contributed by atoms with Crippen LogP contribution in [-0.4, -0.2) is 36.8 Å². The van der Waals surface area contributed by atoms with E-state index in [0.717, 1.165) is 32.5 Å². The van der Waals surface area contributed by atoms with E-state index in [9.17, 15) is 4.79 Å². The van der Waals surface area contributed by atoms with Gasteiger partial charge in [-0.3, -0.25) is 9.69 Å². The first-order chi connectivity index (χ1) is 9.72. The topological polar surface area (TPSA) is 29.5 Å². The second kappa shape index (κ2) is 7.70. The van der Waals surface area contributed by atoms with Crippen molar-refractivity contribution in [2.75, 3.05) is 26.0 Å². The van der Waals surface area contributed by atoms with Crippen molar-refractivity contribution in [2.45, 2.75) is 31.2 Å². The smallest absolute Gasteiger partial charge is 0.310 e. The zero-order valence-corrected chi connectivity index (χ0v) is 13.1. The van der Waals surface area contributed by atoms with Crippen LogP contribution in [0.2, 0.25) is 0 Å². The predicted molar refractivity (Wildman–Crippen MR) is 82.9 cm³/mol. The van der Waals surface area contributed by atoms with Crippen molar-refractivity contribution in [3.63, 3.8) is 0 Å². The standard InChI is InChI=1S/C16H23NO2S/c1-3-19-16(18)14-5-4-10-17(12-14)11-13-6-8-15(20-2)9-7-13/h6-9,14H,3-5,10-12H2,1-2H3/t14-/m1/s1. The number of hydrogen-bond acceptors (Lipinski definition) is 4. The number of benzene rings is 1. The van der Waals surface area contributed by atoms with Crippen LogP contribution < -0.4 is 0 Å². The highest BCUT2D eigenvalue weighted by atomic mass is 32.2. The summed E-state index contributed by atoms with van der Waals surface area (Å²) in [5.41, 5.74) is 1.31. The molecular weight excluding hydrogens is 270 g/mol. The van der Waals surface area contributed by atoms with E-state index in [1.807, 2.05) is 6.92 Å². The molecule has 0 unspecified atom stereocenters. The van der Waals surface area contributed by atoms with Gasteiger partial charge in [0.2, 0.25) is 0 Å². The Morgan fingerprint density at radius 1 is 1.40 bits per heavy atom. The summed E-state index contributed by atoms with van der Waals surface area (Å²) >= 11 is 1.76. The van der Waals surface area contributed by atoms with Crippen LogP contribution in [-0.2, 0) is 16.1 Å². The number of piperidine rings is 1. The summed E-state index contributed by atoms with van der Waals surface area (Å²) in [7, 11) is 0. The molecule has 1 aromatic carbocycles. The molecule has 1 heterocycles. The molecule has 0 amide bonds. The number of carbonyl (C=O) groups is 1. The van der Waals surface area contributed by atoms with Crippen molar-refractivity contribution in [2.24, 2.45) is 5.92 Å². The third-order valence-electron chi connectivity index (χ3n) is 3.69. The van der Waals surface area contributed by atoms with Crippen LogP contribution in [0, 0.1) is 5.92 Å². The molecule has 0 spiro atoms. The highest BCUT2D eigenvalue weighted by Crippen LogP contribution is 2.21. The van der Waals surface area contributed by atoms with Gasteiger partial charge in [0.25, 0.3) is 0 Å². The average Bonchev–Trinajstić information content (AvgIpc) is 2.48. The van der Waals surface area contributed by atoms with Crippen LogP contribution in [0.25, 0.3) is 0 Å². The predicted octanol–water partition coefficient (Wildman–Crippen LogP) is 3.18. The molecule has 1 aliphatic rings. The van der Waals surface area contributed by atoms with Crippen molar-refractivity contribution in [3.8, 4) is 0 Å². The lowest BCUT2D eigenvalue weighted by Crippen LogP contribution is -2.38. The van der Waals surface area contributed by atoms with Crippen LogP contribution in [0.1, 0.15) is 25.3 Å². The first-order valence-corrected chi connectivity index (χ1v) is 8.47. The molecule has 20 heavy (non-hydrogen) atoms. The molecule has 1 aromatic rings. The van der Waals surface area contributed by atoms with Gasteiger partial charge in [-0.25, -0.2) is 0 Å². The maximum atomic E-state index is 11.8. The summed E-state index contributed by atoms with van der Waals surface area (Å²) < 4.78 is 5.14. The van der Waals surface area contributed by atoms with E-state index in [2.05, 4.69) is 35.4 Å². The molecule has 1 fully saturated rings. The Morgan fingerprint density at radius 2 is 2.15 bits per heavy atom. The molecule has 3 nitrogen and oxygen atoms in total.